The van der Waals surface area contributed by atoms with E-state index in [9.17, 15) is 9.59 Å². The Morgan fingerprint density at radius 2 is 2.04 bits per heavy atom. The maximum absolute atomic E-state index is 12.4. The minimum atomic E-state index is -0.233. The molecule has 5 nitrogen and oxygen atoms in total. The molecule has 2 rings (SSSR count). The summed E-state index contributed by atoms with van der Waals surface area (Å²) in [6.07, 6.45) is 3.46. The van der Waals surface area contributed by atoms with E-state index in [-0.39, 0.29) is 11.1 Å². The zero-order valence-electron chi connectivity index (χ0n) is 13.9. The number of hydrogen-bond acceptors (Lipinski definition) is 5. The van der Waals surface area contributed by atoms with Gasteiger partial charge >= 0.3 is 0 Å². The van der Waals surface area contributed by atoms with Crippen molar-refractivity contribution in [1.82, 2.24) is 4.90 Å². The lowest BCUT2D eigenvalue weighted by atomic mass is 10.2. The van der Waals surface area contributed by atoms with Crippen LogP contribution in [0.2, 0.25) is 0 Å². The molecule has 1 saturated heterocycles. The minimum absolute atomic E-state index is 0.211. The fourth-order valence-electron chi connectivity index (χ4n) is 2.29. The number of carbonyl (C=O) groups is 2. The molecule has 0 saturated carbocycles. The van der Waals surface area contributed by atoms with Gasteiger partial charge in [0.25, 0.3) is 11.1 Å². The molecule has 0 bridgehead atoms. The molecule has 24 heavy (non-hydrogen) atoms. The summed E-state index contributed by atoms with van der Waals surface area (Å²) in [6.45, 7) is 4.88. The van der Waals surface area contributed by atoms with E-state index in [0.29, 0.717) is 29.6 Å². The van der Waals surface area contributed by atoms with Gasteiger partial charge in [-0.25, -0.2) is 0 Å². The van der Waals surface area contributed by atoms with Gasteiger partial charge in [0.15, 0.2) is 11.5 Å². The number of amides is 2. The summed E-state index contributed by atoms with van der Waals surface area (Å²) in [5.74, 6) is 0.958. The highest BCUT2D eigenvalue weighted by Gasteiger charge is 2.34. The second kappa shape index (κ2) is 8.58. The monoisotopic (exact) mass is 413 g/mol. The normalized spacial score (nSPS) is 16.2. The Morgan fingerprint density at radius 3 is 2.67 bits per heavy atom. The van der Waals surface area contributed by atoms with Gasteiger partial charge in [0.1, 0.15) is 0 Å². The van der Waals surface area contributed by atoms with Crippen LogP contribution in [-0.2, 0) is 4.79 Å². The first-order chi connectivity index (χ1) is 11.5. The lowest BCUT2D eigenvalue weighted by molar-refractivity contribution is -0.122. The minimum Gasteiger partial charge on any atom is -0.492 e. The number of hydrogen-bond donors (Lipinski definition) is 0. The quantitative estimate of drug-likeness (QED) is 0.606. The third-order valence-electron chi connectivity index (χ3n) is 3.44. The molecule has 2 amide bonds. The lowest BCUT2D eigenvalue weighted by Crippen LogP contribution is -2.29. The van der Waals surface area contributed by atoms with Crippen LogP contribution in [-0.4, -0.2) is 36.3 Å². The maximum atomic E-state index is 12.4. The lowest BCUT2D eigenvalue weighted by Gasteiger charge is -2.12. The Bertz CT molecular complexity index is 675. The summed E-state index contributed by atoms with van der Waals surface area (Å²) in [5.41, 5.74) is 0.770. The number of ether oxygens (including phenoxy) is 2. The van der Waals surface area contributed by atoms with Crippen molar-refractivity contribution in [2.45, 2.75) is 26.7 Å². The Hall–Kier alpha value is -1.47. The number of imide groups is 1. The Balaban J connectivity index is 2.31. The van der Waals surface area contributed by atoms with Gasteiger partial charge in [-0.3, -0.25) is 14.5 Å². The molecule has 1 aromatic carbocycles. The summed E-state index contributed by atoms with van der Waals surface area (Å²) in [5, 5.41) is -0.211. The standard InChI is InChI=1S/C17H20BrNO4S/c1-4-6-7-19-16(20)14(24-17(19)21)10-11-8-12(18)15(22-3)13(9-11)23-5-2/h8-10H,4-7H2,1-3H3/b14-10-. The van der Waals surface area contributed by atoms with Gasteiger partial charge in [-0.15, -0.1) is 0 Å². The number of halogens is 1. The largest absolute Gasteiger partial charge is 0.492 e. The zero-order chi connectivity index (χ0) is 17.7. The predicted molar refractivity (Wildman–Crippen MR) is 99.4 cm³/mol. The van der Waals surface area contributed by atoms with E-state index in [1.54, 1.807) is 19.3 Å². The van der Waals surface area contributed by atoms with Crippen molar-refractivity contribution in [3.05, 3.63) is 27.1 Å². The Kier molecular flexibility index (Phi) is 6.74. The van der Waals surface area contributed by atoms with Gasteiger partial charge in [0.2, 0.25) is 0 Å². The van der Waals surface area contributed by atoms with Gasteiger partial charge < -0.3 is 9.47 Å². The second-order valence-corrected chi connectivity index (χ2v) is 7.00. The van der Waals surface area contributed by atoms with Crippen LogP contribution in [0.3, 0.4) is 0 Å². The predicted octanol–water partition coefficient (Wildman–Crippen LogP) is 4.69. The average molecular weight is 414 g/mol. The van der Waals surface area contributed by atoms with Crippen LogP contribution < -0.4 is 9.47 Å². The van der Waals surface area contributed by atoms with E-state index in [0.717, 1.165) is 34.6 Å². The van der Waals surface area contributed by atoms with Crippen LogP contribution in [0.15, 0.2) is 21.5 Å². The molecule has 0 radical (unpaired) electrons. The van der Waals surface area contributed by atoms with E-state index >= 15 is 0 Å². The number of thioether (sulfide) groups is 1. The SMILES string of the molecule is CCCCN1C(=O)S/C(=C\c2cc(Br)c(OC)c(OCC)c2)C1=O. The molecule has 1 fully saturated rings. The summed E-state index contributed by atoms with van der Waals surface area (Å²) in [6, 6.07) is 3.63. The smallest absolute Gasteiger partial charge is 0.293 e. The van der Waals surface area contributed by atoms with Crippen LogP contribution in [0.1, 0.15) is 32.3 Å². The summed E-state index contributed by atoms with van der Waals surface area (Å²) < 4.78 is 11.6. The molecule has 0 aromatic heterocycles. The summed E-state index contributed by atoms with van der Waals surface area (Å²) in [4.78, 5) is 26.1. The zero-order valence-corrected chi connectivity index (χ0v) is 16.3. The number of benzene rings is 1. The number of unbranched alkanes of at least 4 members (excludes halogenated alkanes) is 1. The molecular weight excluding hydrogens is 394 g/mol. The molecule has 0 atom stereocenters. The van der Waals surface area contributed by atoms with Gasteiger partial charge in [0.05, 0.1) is 23.1 Å². The van der Waals surface area contributed by atoms with Crippen LogP contribution in [0, 0.1) is 0 Å². The molecule has 0 aliphatic carbocycles. The van der Waals surface area contributed by atoms with Crippen LogP contribution >= 0.6 is 27.7 Å². The molecule has 1 aliphatic heterocycles. The van der Waals surface area contributed by atoms with Gasteiger partial charge in [-0.1, -0.05) is 13.3 Å². The summed E-state index contributed by atoms with van der Waals surface area (Å²) >= 11 is 4.42. The third kappa shape index (κ3) is 4.13. The van der Waals surface area contributed by atoms with Crippen molar-refractivity contribution in [3.63, 3.8) is 0 Å². The molecular formula is C17H20BrNO4S. The number of rotatable bonds is 7. The van der Waals surface area contributed by atoms with Gasteiger partial charge in [-0.2, -0.15) is 0 Å². The first kappa shape index (κ1) is 18.9. The Labute approximate surface area is 154 Å². The fourth-order valence-corrected chi connectivity index (χ4v) is 3.78. The third-order valence-corrected chi connectivity index (χ3v) is 4.94. The van der Waals surface area contributed by atoms with Gasteiger partial charge in [-0.05, 0) is 64.8 Å². The highest BCUT2D eigenvalue weighted by Crippen LogP contribution is 2.39. The van der Waals surface area contributed by atoms with Crippen LogP contribution in [0.25, 0.3) is 6.08 Å². The van der Waals surface area contributed by atoms with Crippen molar-refractivity contribution in [2.24, 2.45) is 0 Å². The molecule has 1 heterocycles. The fraction of sp³-hybridized carbons (Fsp3) is 0.412. The van der Waals surface area contributed by atoms with Crippen molar-refractivity contribution in [1.29, 1.82) is 0 Å². The first-order valence-electron chi connectivity index (χ1n) is 7.77. The van der Waals surface area contributed by atoms with Crippen molar-refractivity contribution in [2.75, 3.05) is 20.3 Å². The maximum Gasteiger partial charge on any atom is 0.293 e. The van der Waals surface area contributed by atoms with E-state index in [1.807, 2.05) is 19.9 Å². The van der Waals surface area contributed by atoms with E-state index in [2.05, 4.69) is 15.9 Å². The molecule has 130 valence electrons. The average Bonchev–Trinajstić information content (AvgIpc) is 2.79. The number of nitrogens with zero attached hydrogens (tertiary/aromatic N) is 1. The first-order valence-corrected chi connectivity index (χ1v) is 9.38. The van der Waals surface area contributed by atoms with Crippen molar-refractivity contribution in [3.8, 4) is 11.5 Å². The molecule has 0 N–H and O–H groups in total. The highest BCUT2D eigenvalue weighted by atomic mass is 79.9. The van der Waals surface area contributed by atoms with E-state index in [4.69, 9.17) is 9.47 Å². The highest BCUT2D eigenvalue weighted by molar-refractivity contribution is 9.10. The second-order valence-electron chi connectivity index (χ2n) is 5.15. The molecule has 0 unspecified atom stereocenters. The van der Waals surface area contributed by atoms with E-state index < -0.39 is 0 Å². The van der Waals surface area contributed by atoms with Gasteiger partial charge in [0, 0.05) is 6.54 Å². The van der Waals surface area contributed by atoms with E-state index in [1.165, 1.54) is 4.90 Å². The topological polar surface area (TPSA) is 55.8 Å². The molecule has 0 spiro atoms. The van der Waals surface area contributed by atoms with Crippen LogP contribution in [0.5, 0.6) is 11.5 Å². The molecule has 7 heteroatoms. The number of methoxy groups -OCH3 is 1. The van der Waals surface area contributed by atoms with Crippen molar-refractivity contribution < 1.29 is 19.1 Å². The van der Waals surface area contributed by atoms with Crippen LogP contribution in [0.4, 0.5) is 4.79 Å². The summed E-state index contributed by atoms with van der Waals surface area (Å²) in [7, 11) is 1.57. The van der Waals surface area contributed by atoms with Crippen molar-refractivity contribution >= 4 is 44.9 Å². The number of carbonyl (C=O) groups excluding carboxylic acids is 2. The molecule has 1 aliphatic rings. The Morgan fingerprint density at radius 1 is 1.29 bits per heavy atom. The molecule has 1 aromatic rings.